The molecule has 6 heteroatoms. The second kappa shape index (κ2) is 4.54. The average Bonchev–Trinajstić information content (AvgIpc) is 2.68. The molecule has 0 spiro atoms. The highest BCUT2D eigenvalue weighted by Gasteiger charge is 2.11. The van der Waals surface area contributed by atoms with Crippen molar-refractivity contribution in [3.8, 4) is 0 Å². The van der Waals surface area contributed by atoms with Gasteiger partial charge in [0.2, 0.25) is 0 Å². The first-order valence-electron chi connectivity index (χ1n) is 4.75. The number of nitrogens with one attached hydrogen (secondary N) is 1. The van der Waals surface area contributed by atoms with Crippen LogP contribution in [-0.2, 0) is 0 Å². The molecule has 3 N–H and O–H groups in total. The molecule has 2 rings (SSSR count). The lowest BCUT2D eigenvalue weighted by Crippen LogP contribution is -2.28. The molecule has 1 aromatic heterocycles. The number of halogens is 1. The van der Waals surface area contributed by atoms with Crippen molar-refractivity contribution in [1.82, 2.24) is 10.3 Å². The van der Waals surface area contributed by atoms with Crippen molar-refractivity contribution in [3.63, 3.8) is 0 Å². The van der Waals surface area contributed by atoms with Crippen LogP contribution in [0.1, 0.15) is 9.80 Å². The SMILES string of the molecule is NCCNC(=O)c1nc2ccc(F)cc2s1. The maximum Gasteiger partial charge on any atom is 0.280 e. The van der Waals surface area contributed by atoms with E-state index in [-0.39, 0.29) is 11.7 Å². The highest BCUT2D eigenvalue weighted by Crippen LogP contribution is 2.22. The molecule has 0 fully saturated rings. The number of amides is 1. The predicted molar refractivity (Wildman–Crippen MR) is 61.0 cm³/mol. The molecule has 0 radical (unpaired) electrons. The van der Waals surface area contributed by atoms with Crippen molar-refractivity contribution in [2.24, 2.45) is 5.73 Å². The van der Waals surface area contributed by atoms with E-state index in [1.807, 2.05) is 0 Å². The Balaban J connectivity index is 2.28. The summed E-state index contributed by atoms with van der Waals surface area (Å²) >= 11 is 1.17. The molecule has 0 aliphatic rings. The molecule has 0 aliphatic heterocycles. The molecule has 0 atom stereocenters. The number of rotatable bonds is 3. The molecule has 1 aromatic carbocycles. The van der Waals surface area contributed by atoms with Gasteiger partial charge in [-0.3, -0.25) is 4.79 Å². The molecule has 1 amide bonds. The van der Waals surface area contributed by atoms with Crippen LogP contribution in [0.5, 0.6) is 0 Å². The summed E-state index contributed by atoms with van der Waals surface area (Å²) < 4.78 is 13.6. The Hall–Kier alpha value is -1.53. The van der Waals surface area contributed by atoms with E-state index >= 15 is 0 Å². The summed E-state index contributed by atoms with van der Waals surface area (Å²) in [6, 6.07) is 4.25. The van der Waals surface area contributed by atoms with E-state index in [4.69, 9.17) is 5.73 Å². The smallest absolute Gasteiger partial charge is 0.280 e. The van der Waals surface area contributed by atoms with Gasteiger partial charge in [-0.2, -0.15) is 0 Å². The number of fused-ring (bicyclic) bond motifs is 1. The summed E-state index contributed by atoms with van der Waals surface area (Å²) in [6.45, 7) is 0.786. The van der Waals surface area contributed by atoms with E-state index < -0.39 is 0 Å². The third-order valence-corrected chi connectivity index (χ3v) is 2.99. The van der Waals surface area contributed by atoms with Crippen LogP contribution in [-0.4, -0.2) is 24.0 Å². The van der Waals surface area contributed by atoms with Crippen molar-refractivity contribution < 1.29 is 9.18 Å². The van der Waals surface area contributed by atoms with Gasteiger partial charge in [-0.05, 0) is 18.2 Å². The molecular weight excluding hydrogens is 229 g/mol. The Morgan fingerprint density at radius 1 is 1.56 bits per heavy atom. The molecular formula is C10H10FN3OS. The van der Waals surface area contributed by atoms with E-state index in [1.54, 1.807) is 6.07 Å². The summed E-state index contributed by atoms with van der Waals surface area (Å²) in [7, 11) is 0. The number of nitrogens with zero attached hydrogens (tertiary/aromatic N) is 1. The molecule has 0 bridgehead atoms. The summed E-state index contributed by atoms with van der Waals surface area (Å²) in [5.74, 6) is -0.600. The number of aromatic nitrogens is 1. The Morgan fingerprint density at radius 2 is 2.38 bits per heavy atom. The summed E-state index contributed by atoms with van der Waals surface area (Å²) in [5.41, 5.74) is 5.90. The van der Waals surface area contributed by atoms with Gasteiger partial charge >= 0.3 is 0 Å². The predicted octanol–water partition coefficient (Wildman–Crippen LogP) is 1.12. The molecule has 0 saturated heterocycles. The van der Waals surface area contributed by atoms with Crippen molar-refractivity contribution in [2.75, 3.05) is 13.1 Å². The minimum Gasteiger partial charge on any atom is -0.349 e. The van der Waals surface area contributed by atoms with E-state index in [2.05, 4.69) is 10.3 Å². The minimum atomic E-state index is -0.329. The van der Waals surface area contributed by atoms with Crippen LogP contribution in [0.4, 0.5) is 4.39 Å². The quantitative estimate of drug-likeness (QED) is 0.843. The topological polar surface area (TPSA) is 68.0 Å². The van der Waals surface area contributed by atoms with E-state index in [9.17, 15) is 9.18 Å². The lowest BCUT2D eigenvalue weighted by atomic mass is 10.3. The highest BCUT2D eigenvalue weighted by molar-refractivity contribution is 7.20. The zero-order valence-electron chi connectivity index (χ0n) is 8.37. The summed E-state index contributed by atoms with van der Waals surface area (Å²) in [6.07, 6.45) is 0. The van der Waals surface area contributed by atoms with Gasteiger partial charge in [0.05, 0.1) is 10.2 Å². The zero-order chi connectivity index (χ0) is 11.5. The Morgan fingerprint density at radius 3 is 3.12 bits per heavy atom. The number of carbonyl (C=O) groups excluding carboxylic acids is 1. The molecule has 1 heterocycles. The summed E-state index contributed by atoms with van der Waals surface area (Å²) in [4.78, 5) is 15.7. The fourth-order valence-corrected chi connectivity index (χ4v) is 2.16. The standard InChI is InChI=1S/C10H10FN3OS/c11-6-1-2-7-8(5-6)16-10(14-7)9(15)13-4-3-12/h1-2,5H,3-4,12H2,(H,13,15). The maximum absolute atomic E-state index is 12.9. The van der Waals surface area contributed by atoms with Crippen molar-refractivity contribution in [2.45, 2.75) is 0 Å². The first kappa shape index (κ1) is 11.0. The number of carbonyl (C=O) groups is 1. The van der Waals surface area contributed by atoms with Gasteiger partial charge in [0.25, 0.3) is 5.91 Å². The normalized spacial score (nSPS) is 10.6. The van der Waals surface area contributed by atoms with Gasteiger partial charge in [-0.1, -0.05) is 0 Å². The van der Waals surface area contributed by atoms with Crippen molar-refractivity contribution in [3.05, 3.63) is 29.0 Å². The lowest BCUT2D eigenvalue weighted by molar-refractivity contribution is 0.0954. The molecule has 2 aromatic rings. The third kappa shape index (κ3) is 2.17. The van der Waals surface area contributed by atoms with Crippen molar-refractivity contribution >= 4 is 27.5 Å². The molecule has 0 aliphatic carbocycles. The van der Waals surface area contributed by atoms with Crippen LogP contribution in [0, 0.1) is 5.82 Å². The van der Waals surface area contributed by atoms with Gasteiger partial charge in [0, 0.05) is 13.1 Å². The van der Waals surface area contributed by atoms with Crippen LogP contribution in [0.3, 0.4) is 0 Å². The fourth-order valence-electron chi connectivity index (χ4n) is 1.26. The second-order valence-corrected chi connectivity index (χ2v) is 4.21. The largest absolute Gasteiger partial charge is 0.349 e. The molecule has 16 heavy (non-hydrogen) atoms. The number of hydrogen-bond donors (Lipinski definition) is 2. The van der Waals surface area contributed by atoms with Gasteiger partial charge in [-0.25, -0.2) is 9.37 Å². The Labute approximate surface area is 95.3 Å². The number of benzene rings is 1. The van der Waals surface area contributed by atoms with E-state index in [0.717, 1.165) is 0 Å². The average molecular weight is 239 g/mol. The number of nitrogens with two attached hydrogens (primary N) is 1. The highest BCUT2D eigenvalue weighted by atomic mass is 32.1. The third-order valence-electron chi connectivity index (χ3n) is 1.97. The zero-order valence-corrected chi connectivity index (χ0v) is 9.18. The fraction of sp³-hybridized carbons (Fsp3) is 0.200. The van der Waals surface area contributed by atoms with Gasteiger partial charge in [0.1, 0.15) is 5.82 Å². The van der Waals surface area contributed by atoms with Crippen LogP contribution >= 0.6 is 11.3 Å². The number of thiazole rings is 1. The Kier molecular flexibility index (Phi) is 3.12. The summed E-state index contributed by atoms with van der Waals surface area (Å²) in [5, 5.41) is 2.94. The minimum absolute atomic E-state index is 0.271. The first-order chi connectivity index (χ1) is 7.70. The molecule has 84 valence electrons. The molecule has 0 unspecified atom stereocenters. The monoisotopic (exact) mass is 239 g/mol. The van der Waals surface area contributed by atoms with Gasteiger partial charge < -0.3 is 11.1 Å². The van der Waals surface area contributed by atoms with Crippen LogP contribution in [0.25, 0.3) is 10.2 Å². The number of hydrogen-bond acceptors (Lipinski definition) is 4. The van der Waals surface area contributed by atoms with Crippen LogP contribution in [0.2, 0.25) is 0 Å². The first-order valence-corrected chi connectivity index (χ1v) is 5.56. The van der Waals surface area contributed by atoms with Gasteiger partial charge in [0.15, 0.2) is 5.01 Å². The maximum atomic E-state index is 12.9. The van der Waals surface area contributed by atoms with Crippen LogP contribution in [0.15, 0.2) is 18.2 Å². The Bertz CT molecular complexity index is 526. The van der Waals surface area contributed by atoms with E-state index in [0.29, 0.717) is 28.3 Å². The van der Waals surface area contributed by atoms with Crippen LogP contribution < -0.4 is 11.1 Å². The van der Waals surface area contributed by atoms with Gasteiger partial charge in [-0.15, -0.1) is 11.3 Å². The molecule has 4 nitrogen and oxygen atoms in total. The van der Waals surface area contributed by atoms with E-state index in [1.165, 1.54) is 23.5 Å². The molecule has 0 saturated carbocycles. The lowest BCUT2D eigenvalue weighted by Gasteiger charge is -1.97. The van der Waals surface area contributed by atoms with Crippen molar-refractivity contribution in [1.29, 1.82) is 0 Å². The second-order valence-electron chi connectivity index (χ2n) is 3.18.